The summed E-state index contributed by atoms with van der Waals surface area (Å²) in [6.07, 6.45) is 1.51. The second-order valence-electron chi connectivity index (χ2n) is 5.60. The topological polar surface area (TPSA) is 54.9 Å². The number of nitrogens with one attached hydrogen (secondary N) is 1. The van der Waals surface area contributed by atoms with E-state index in [9.17, 15) is 4.79 Å². The standard InChI is InChI=1S/C20H15N3OS/c24-20(18-13-21-16-4-1-2-5-17(16)23-18)22-12-14-7-9-15(10-8-14)19-6-3-11-25-19/h1-11,13H,12H2,(H,22,24). The Bertz CT molecular complexity index is 1010. The maximum absolute atomic E-state index is 12.3. The van der Waals surface area contributed by atoms with E-state index in [0.29, 0.717) is 12.2 Å². The first-order valence-corrected chi connectivity index (χ1v) is 8.80. The molecule has 0 radical (unpaired) electrons. The van der Waals surface area contributed by atoms with Crippen molar-refractivity contribution in [2.24, 2.45) is 0 Å². The summed E-state index contributed by atoms with van der Waals surface area (Å²) >= 11 is 1.71. The zero-order valence-electron chi connectivity index (χ0n) is 13.3. The molecule has 0 aliphatic carbocycles. The van der Waals surface area contributed by atoms with E-state index in [2.05, 4.69) is 38.9 Å². The Kier molecular flexibility index (Phi) is 4.23. The zero-order chi connectivity index (χ0) is 17.1. The van der Waals surface area contributed by atoms with Crippen molar-refractivity contribution in [3.8, 4) is 10.4 Å². The summed E-state index contributed by atoms with van der Waals surface area (Å²) in [6.45, 7) is 0.456. The molecule has 4 rings (SSSR count). The fraction of sp³-hybridized carbons (Fsp3) is 0.0500. The van der Waals surface area contributed by atoms with Crippen molar-refractivity contribution in [1.82, 2.24) is 15.3 Å². The molecule has 1 N–H and O–H groups in total. The molecule has 0 saturated heterocycles. The Balaban J connectivity index is 1.44. The number of thiophene rings is 1. The lowest BCUT2D eigenvalue weighted by Gasteiger charge is -2.06. The number of carbonyl (C=O) groups is 1. The third-order valence-electron chi connectivity index (χ3n) is 3.89. The normalized spacial score (nSPS) is 10.7. The summed E-state index contributed by atoms with van der Waals surface area (Å²) in [6, 6.07) is 19.8. The highest BCUT2D eigenvalue weighted by Gasteiger charge is 2.09. The SMILES string of the molecule is O=C(NCc1ccc(-c2cccs2)cc1)c1cnc2ccccc2n1. The van der Waals surface area contributed by atoms with Gasteiger partial charge in [0, 0.05) is 11.4 Å². The molecule has 0 atom stereocenters. The van der Waals surface area contributed by atoms with Crippen LogP contribution < -0.4 is 5.32 Å². The third-order valence-corrected chi connectivity index (χ3v) is 4.81. The minimum absolute atomic E-state index is 0.222. The van der Waals surface area contributed by atoms with Crippen molar-refractivity contribution in [1.29, 1.82) is 0 Å². The molecule has 0 bridgehead atoms. The maximum atomic E-state index is 12.3. The van der Waals surface area contributed by atoms with Crippen molar-refractivity contribution in [2.45, 2.75) is 6.54 Å². The Hall–Kier alpha value is -3.05. The van der Waals surface area contributed by atoms with E-state index >= 15 is 0 Å². The van der Waals surface area contributed by atoms with Crippen LogP contribution in [0.2, 0.25) is 0 Å². The number of hydrogen-bond acceptors (Lipinski definition) is 4. The van der Waals surface area contributed by atoms with Gasteiger partial charge in [-0.1, -0.05) is 42.5 Å². The van der Waals surface area contributed by atoms with E-state index in [0.717, 1.165) is 16.6 Å². The number of benzene rings is 2. The summed E-state index contributed by atoms with van der Waals surface area (Å²) in [5.41, 5.74) is 4.06. The summed E-state index contributed by atoms with van der Waals surface area (Å²) < 4.78 is 0. The quantitative estimate of drug-likeness (QED) is 0.600. The molecular weight excluding hydrogens is 330 g/mol. The van der Waals surface area contributed by atoms with Gasteiger partial charge in [0.15, 0.2) is 0 Å². The number of para-hydroxylation sites is 2. The molecule has 2 heterocycles. The number of fused-ring (bicyclic) bond motifs is 1. The van der Waals surface area contributed by atoms with Crippen LogP contribution in [0.5, 0.6) is 0 Å². The van der Waals surface area contributed by atoms with E-state index in [-0.39, 0.29) is 5.91 Å². The van der Waals surface area contributed by atoms with Gasteiger partial charge in [-0.15, -0.1) is 11.3 Å². The summed E-state index contributed by atoms with van der Waals surface area (Å²) in [7, 11) is 0. The molecular formula is C20H15N3OS. The fourth-order valence-corrected chi connectivity index (χ4v) is 3.30. The fourth-order valence-electron chi connectivity index (χ4n) is 2.57. The van der Waals surface area contributed by atoms with Crippen LogP contribution in [0.25, 0.3) is 21.5 Å². The molecule has 25 heavy (non-hydrogen) atoms. The molecule has 0 aliphatic heterocycles. The van der Waals surface area contributed by atoms with Crippen molar-refractivity contribution in [3.05, 3.63) is 83.5 Å². The molecule has 122 valence electrons. The molecule has 0 fully saturated rings. The van der Waals surface area contributed by atoms with Gasteiger partial charge in [0.1, 0.15) is 5.69 Å². The van der Waals surface area contributed by atoms with Gasteiger partial charge >= 0.3 is 0 Å². The predicted molar refractivity (Wildman–Crippen MR) is 100 cm³/mol. The Morgan fingerprint density at radius 2 is 1.76 bits per heavy atom. The van der Waals surface area contributed by atoms with Crippen molar-refractivity contribution in [2.75, 3.05) is 0 Å². The predicted octanol–water partition coefficient (Wildman–Crippen LogP) is 4.29. The average molecular weight is 345 g/mol. The minimum Gasteiger partial charge on any atom is -0.347 e. The van der Waals surface area contributed by atoms with Gasteiger partial charge in [0.25, 0.3) is 5.91 Å². The molecule has 4 nitrogen and oxygen atoms in total. The van der Waals surface area contributed by atoms with Crippen LogP contribution in [0.4, 0.5) is 0 Å². The summed E-state index contributed by atoms with van der Waals surface area (Å²) in [5, 5.41) is 4.96. The lowest BCUT2D eigenvalue weighted by Crippen LogP contribution is -2.24. The van der Waals surface area contributed by atoms with Gasteiger partial charge < -0.3 is 5.32 Å². The van der Waals surface area contributed by atoms with E-state index in [1.165, 1.54) is 16.6 Å². The van der Waals surface area contributed by atoms with Gasteiger partial charge in [-0.3, -0.25) is 9.78 Å². The van der Waals surface area contributed by atoms with Crippen LogP contribution in [-0.4, -0.2) is 15.9 Å². The number of rotatable bonds is 4. The first kappa shape index (κ1) is 15.5. The molecule has 0 saturated carbocycles. The number of hydrogen-bond donors (Lipinski definition) is 1. The molecule has 4 aromatic rings. The van der Waals surface area contributed by atoms with Gasteiger partial charge in [0.05, 0.1) is 17.2 Å². The number of aromatic nitrogens is 2. The van der Waals surface area contributed by atoms with Crippen LogP contribution in [0.15, 0.2) is 72.2 Å². The lowest BCUT2D eigenvalue weighted by atomic mass is 10.1. The van der Waals surface area contributed by atoms with Crippen LogP contribution in [0, 0.1) is 0 Å². The second-order valence-corrected chi connectivity index (χ2v) is 6.55. The Morgan fingerprint density at radius 1 is 0.960 bits per heavy atom. The molecule has 0 unspecified atom stereocenters. The van der Waals surface area contributed by atoms with Crippen molar-refractivity contribution >= 4 is 28.3 Å². The van der Waals surface area contributed by atoms with Crippen LogP contribution in [0.1, 0.15) is 16.1 Å². The second kappa shape index (κ2) is 6.83. The van der Waals surface area contributed by atoms with E-state index in [4.69, 9.17) is 0 Å². The van der Waals surface area contributed by atoms with E-state index in [1.807, 2.05) is 42.5 Å². The maximum Gasteiger partial charge on any atom is 0.271 e. The van der Waals surface area contributed by atoms with Crippen LogP contribution >= 0.6 is 11.3 Å². The average Bonchev–Trinajstić information content (AvgIpc) is 3.21. The smallest absolute Gasteiger partial charge is 0.271 e. The highest BCUT2D eigenvalue weighted by molar-refractivity contribution is 7.13. The van der Waals surface area contributed by atoms with Crippen LogP contribution in [0.3, 0.4) is 0 Å². The monoisotopic (exact) mass is 345 g/mol. The molecule has 2 aromatic heterocycles. The zero-order valence-corrected chi connectivity index (χ0v) is 14.2. The lowest BCUT2D eigenvalue weighted by molar-refractivity contribution is 0.0946. The van der Waals surface area contributed by atoms with Gasteiger partial charge in [-0.2, -0.15) is 0 Å². The summed E-state index contributed by atoms with van der Waals surface area (Å²) in [5.74, 6) is -0.222. The highest BCUT2D eigenvalue weighted by Crippen LogP contribution is 2.24. The largest absolute Gasteiger partial charge is 0.347 e. The number of amides is 1. The Morgan fingerprint density at radius 3 is 2.52 bits per heavy atom. The molecule has 1 amide bonds. The van der Waals surface area contributed by atoms with E-state index in [1.54, 1.807) is 11.3 Å². The molecule has 5 heteroatoms. The van der Waals surface area contributed by atoms with Crippen molar-refractivity contribution < 1.29 is 4.79 Å². The van der Waals surface area contributed by atoms with Gasteiger partial charge in [0.2, 0.25) is 0 Å². The third kappa shape index (κ3) is 3.41. The number of carbonyl (C=O) groups excluding carboxylic acids is 1. The van der Waals surface area contributed by atoms with E-state index < -0.39 is 0 Å². The summed E-state index contributed by atoms with van der Waals surface area (Å²) in [4.78, 5) is 22.2. The highest BCUT2D eigenvalue weighted by atomic mass is 32.1. The number of nitrogens with zero attached hydrogens (tertiary/aromatic N) is 2. The van der Waals surface area contributed by atoms with Crippen molar-refractivity contribution in [3.63, 3.8) is 0 Å². The van der Waals surface area contributed by atoms with Gasteiger partial charge in [-0.25, -0.2) is 4.98 Å². The Labute approximate surface area is 149 Å². The minimum atomic E-state index is -0.222. The first-order chi connectivity index (χ1) is 12.3. The molecule has 0 aliphatic rings. The first-order valence-electron chi connectivity index (χ1n) is 7.92. The molecule has 2 aromatic carbocycles. The molecule has 0 spiro atoms. The van der Waals surface area contributed by atoms with Gasteiger partial charge in [-0.05, 0) is 34.7 Å². The van der Waals surface area contributed by atoms with Crippen LogP contribution in [-0.2, 0) is 6.54 Å².